The topological polar surface area (TPSA) is 66.6 Å². The summed E-state index contributed by atoms with van der Waals surface area (Å²) in [7, 11) is 1.83. The second kappa shape index (κ2) is 5.61. The first-order chi connectivity index (χ1) is 9.04. The fourth-order valence-electron chi connectivity index (χ4n) is 2.90. The van der Waals surface area contributed by atoms with Crippen LogP contribution in [0.25, 0.3) is 0 Å². The molecule has 1 amide bonds. The van der Waals surface area contributed by atoms with E-state index in [1.807, 2.05) is 14.0 Å². The number of benzene rings is 1. The standard InChI is InChI=1S/C15H22N2O2/c1-10-6-7-11(8-14(10)18)15(19)17(2)13-5-3-4-12(13)9-16/h6-8,12-13,18H,3-5,9,16H2,1-2H3. The molecule has 2 atom stereocenters. The van der Waals surface area contributed by atoms with E-state index in [0.29, 0.717) is 18.0 Å². The molecule has 4 nitrogen and oxygen atoms in total. The van der Waals surface area contributed by atoms with Gasteiger partial charge in [-0.2, -0.15) is 0 Å². The molecule has 1 saturated carbocycles. The summed E-state index contributed by atoms with van der Waals surface area (Å²) in [6.45, 7) is 2.44. The Balaban J connectivity index is 2.16. The molecule has 104 valence electrons. The minimum Gasteiger partial charge on any atom is -0.508 e. The Morgan fingerprint density at radius 3 is 2.84 bits per heavy atom. The third-order valence-electron chi connectivity index (χ3n) is 4.20. The molecule has 1 fully saturated rings. The molecule has 0 spiro atoms. The van der Waals surface area contributed by atoms with Crippen molar-refractivity contribution in [3.8, 4) is 5.75 Å². The predicted molar refractivity (Wildman–Crippen MR) is 75.1 cm³/mol. The van der Waals surface area contributed by atoms with Crippen molar-refractivity contribution in [2.24, 2.45) is 11.7 Å². The van der Waals surface area contributed by atoms with E-state index in [2.05, 4.69) is 0 Å². The summed E-state index contributed by atoms with van der Waals surface area (Å²) in [6.07, 6.45) is 3.24. The molecule has 1 aliphatic rings. The summed E-state index contributed by atoms with van der Waals surface area (Å²) in [6, 6.07) is 5.30. The van der Waals surface area contributed by atoms with E-state index >= 15 is 0 Å². The number of hydrogen-bond acceptors (Lipinski definition) is 3. The van der Waals surface area contributed by atoms with Crippen LogP contribution in [-0.2, 0) is 0 Å². The van der Waals surface area contributed by atoms with Crippen LogP contribution in [0.1, 0.15) is 35.2 Å². The van der Waals surface area contributed by atoms with Crippen LogP contribution < -0.4 is 5.73 Å². The number of nitrogens with two attached hydrogens (primary N) is 1. The fourth-order valence-corrected chi connectivity index (χ4v) is 2.90. The van der Waals surface area contributed by atoms with Crippen molar-refractivity contribution in [2.75, 3.05) is 13.6 Å². The van der Waals surface area contributed by atoms with Crippen LogP contribution in [0.4, 0.5) is 0 Å². The van der Waals surface area contributed by atoms with Crippen molar-refractivity contribution in [1.82, 2.24) is 4.90 Å². The summed E-state index contributed by atoms with van der Waals surface area (Å²) in [5.74, 6) is 0.523. The van der Waals surface area contributed by atoms with Gasteiger partial charge in [0.1, 0.15) is 5.75 Å². The molecule has 2 unspecified atom stereocenters. The zero-order valence-electron chi connectivity index (χ0n) is 11.6. The molecule has 2 rings (SSSR count). The lowest BCUT2D eigenvalue weighted by Gasteiger charge is -2.29. The Bertz CT molecular complexity index is 473. The maximum absolute atomic E-state index is 12.4. The highest BCUT2D eigenvalue weighted by Gasteiger charge is 2.32. The van der Waals surface area contributed by atoms with E-state index in [-0.39, 0.29) is 17.7 Å². The van der Waals surface area contributed by atoms with Crippen molar-refractivity contribution < 1.29 is 9.90 Å². The monoisotopic (exact) mass is 262 g/mol. The van der Waals surface area contributed by atoms with Gasteiger partial charge in [-0.25, -0.2) is 0 Å². The number of rotatable bonds is 3. The first kappa shape index (κ1) is 13.9. The van der Waals surface area contributed by atoms with Gasteiger partial charge in [-0.3, -0.25) is 4.79 Å². The lowest BCUT2D eigenvalue weighted by molar-refractivity contribution is 0.0699. The SMILES string of the molecule is Cc1ccc(C(=O)N(C)C2CCCC2CN)cc1O. The van der Waals surface area contributed by atoms with Crippen molar-refractivity contribution in [2.45, 2.75) is 32.2 Å². The van der Waals surface area contributed by atoms with Gasteiger partial charge >= 0.3 is 0 Å². The average molecular weight is 262 g/mol. The van der Waals surface area contributed by atoms with E-state index in [9.17, 15) is 9.90 Å². The van der Waals surface area contributed by atoms with Crippen molar-refractivity contribution in [3.63, 3.8) is 0 Å². The lowest BCUT2D eigenvalue weighted by atomic mass is 10.0. The van der Waals surface area contributed by atoms with Crippen LogP contribution in [0.5, 0.6) is 5.75 Å². The summed E-state index contributed by atoms with van der Waals surface area (Å²) >= 11 is 0. The number of hydrogen-bond donors (Lipinski definition) is 2. The van der Waals surface area contributed by atoms with Crippen LogP contribution in [-0.4, -0.2) is 35.5 Å². The maximum atomic E-state index is 12.4. The highest BCUT2D eigenvalue weighted by Crippen LogP contribution is 2.29. The second-order valence-corrected chi connectivity index (χ2v) is 5.41. The molecule has 0 aliphatic heterocycles. The zero-order chi connectivity index (χ0) is 14.0. The number of carbonyl (C=O) groups excluding carboxylic acids is 1. The molecular formula is C15H22N2O2. The highest BCUT2D eigenvalue weighted by atomic mass is 16.3. The predicted octanol–water partition coefficient (Wildman–Crippen LogP) is 1.90. The molecule has 1 aliphatic carbocycles. The van der Waals surface area contributed by atoms with Crippen LogP contribution in [0, 0.1) is 12.8 Å². The third kappa shape index (κ3) is 2.73. The molecular weight excluding hydrogens is 240 g/mol. The first-order valence-corrected chi connectivity index (χ1v) is 6.81. The van der Waals surface area contributed by atoms with Crippen molar-refractivity contribution >= 4 is 5.91 Å². The van der Waals surface area contributed by atoms with E-state index in [4.69, 9.17) is 5.73 Å². The molecule has 0 heterocycles. The molecule has 0 saturated heterocycles. The highest BCUT2D eigenvalue weighted by molar-refractivity contribution is 5.94. The second-order valence-electron chi connectivity index (χ2n) is 5.41. The molecule has 1 aromatic carbocycles. The van der Waals surface area contributed by atoms with Gasteiger partial charge in [-0.15, -0.1) is 0 Å². The van der Waals surface area contributed by atoms with Gasteiger partial charge in [-0.05, 0) is 49.9 Å². The molecule has 1 aromatic rings. The Morgan fingerprint density at radius 2 is 2.21 bits per heavy atom. The Hall–Kier alpha value is -1.55. The normalized spacial score (nSPS) is 22.5. The Labute approximate surface area is 114 Å². The molecule has 0 aromatic heterocycles. The molecule has 4 heteroatoms. The number of carbonyl (C=O) groups is 1. The summed E-state index contributed by atoms with van der Waals surface area (Å²) < 4.78 is 0. The summed E-state index contributed by atoms with van der Waals surface area (Å²) in [5, 5.41) is 9.70. The van der Waals surface area contributed by atoms with Crippen LogP contribution in [0.15, 0.2) is 18.2 Å². The number of nitrogens with zero attached hydrogens (tertiary/aromatic N) is 1. The number of aromatic hydroxyl groups is 1. The largest absolute Gasteiger partial charge is 0.508 e. The molecule has 19 heavy (non-hydrogen) atoms. The van der Waals surface area contributed by atoms with Crippen molar-refractivity contribution in [3.05, 3.63) is 29.3 Å². The van der Waals surface area contributed by atoms with Gasteiger partial charge in [0, 0.05) is 18.7 Å². The van der Waals surface area contributed by atoms with Crippen LogP contribution in [0.2, 0.25) is 0 Å². The maximum Gasteiger partial charge on any atom is 0.253 e. The zero-order valence-corrected chi connectivity index (χ0v) is 11.6. The van der Waals surface area contributed by atoms with Gasteiger partial charge in [0.2, 0.25) is 0 Å². The van der Waals surface area contributed by atoms with Gasteiger partial charge in [0.05, 0.1) is 0 Å². The third-order valence-corrected chi connectivity index (χ3v) is 4.20. The number of phenolic OH excluding ortho intramolecular Hbond substituents is 1. The fraction of sp³-hybridized carbons (Fsp3) is 0.533. The van der Waals surface area contributed by atoms with E-state index in [0.717, 1.165) is 24.8 Å². The van der Waals surface area contributed by atoms with Crippen LogP contribution in [0.3, 0.4) is 0 Å². The van der Waals surface area contributed by atoms with Crippen molar-refractivity contribution in [1.29, 1.82) is 0 Å². The average Bonchev–Trinajstić information content (AvgIpc) is 2.88. The lowest BCUT2D eigenvalue weighted by Crippen LogP contribution is -2.41. The molecule has 0 bridgehead atoms. The number of aryl methyl sites for hydroxylation is 1. The van der Waals surface area contributed by atoms with E-state index < -0.39 is 0 Å². The number of amides is 1. The first-order valence-electron chi connectivity index (χ1n) is 6.81. The van der Waals surface area contributed by atoms with Gasteiger partial charge < -0.3 is 15.7 Å². The van der Waals surface area contributed by atoms with E-state index in [1.165, 1.54) is 0 Å². The number of phenols is 1. The Kier molecular flexibility index (Phi) is 4.10. The molecule has 0 radical (unpaired) electrons. The molecule has 3 N–H and O–H groups in total. The minimum atomic E-state index is -0.0411. The summed E-state index contributed by atoms with van der Waals surface area (Å²) in [4.78, 5) is 14.2. The van der Waals surface area contributed by atoms with Gasteiger partial charge in [0.25, 0.3) is 5.91 Å². The van der Waals surface area contributed by atoms with E-state index in [1.54, 1.807) is 23.1 Å². The van der Waals surface area contributed by atoms with Crippen LogP contribution >= 0.6 is 0 Å². The Morgan fingerprint density at radius 1 is 1.47 bits per heavy atom. The van der Waals surface area contributed by atoms with Gasteiger partial charge in [-0.1, -0.05) is 12.5 Å². The minimum absolute atomic E-state index is 0.0411. The summed E-state index contributed by atoms with van der Waals surface area (Å²) in [5.41, 5.74) is 7.08. The quantitative estimate of drug-likeness (QED) is 0.874. The smallest absolute Gasteiger partial charge is 0.253 e. The van der Waals surface area contributed by atoms with Gasteiger partial charge in [0.15, 0.2) is 0 Å².